The molecule has 4 aliphatic carbocycles. The van der Waals surface area contributed by atoms with E-state index < -0.39 is 0 Å². The molecule has 4 saturated carbocycles. The maximum atomic E-state index is 10.3. The number of rotatable bonds is 1. The fourth-order valence-corrected chi connectivity index (χ4v) is 8.07. The van der Waals surface area contributed by atoms with Gasteiger partial charge in [0.2, 0.25) is 0 Å². The summed E-state index contributed by atoms with van der Waals surface area (Å²) in [5, 5.41) is 20.4. The molecule has 0 aromatic heterocycles. The van der Waals surface area contributed by atoms with Crippen molar-refractivity contribution in [3.8, 4) is 0 Å². The number of aliphatic hydroxyl groups excluding tert-OH is 2. The summed E-state index contributed by atoms with van der Waals surface area (Å²) in [6.45, 7) is 7.08. The average Bonchev–Trinajstić information content (AvgIpc) is 2.85. The summed E-state index contributed by atoms with van der Waals surface area (Å²) in [6.07, 6.45) is 11.1. The van der Waals surface area contributed by atoms with Gasteiger partial charge in [-0.2, -0.15) is 0 Å². The Hall–Kier alpha value is 1.92. The van der Waals surface area contributed by atoms with Gasteiger partial charge in [0.15, 0.2) is 0 Å². The summed E-state index contributed by atoms with van der Waals surface area (Å²) in [4.78, 5) is 0. The largest absolute Gasteiger partial charge is 1.00 e. The van der Waals surface area contributed by atoms with Gasteiger partial charge in [-0.25, -0.2) is 0 Å². The van der Waals surface area contributed by atoms with Crippen molar-refractivity contribution in [3.05, 3.63) is 0 Å². The van der Waals surface area contributed by atoms with Gasteiger partial charge in [-0.05, 0) is 105 Å². The molecule has 4 fully saturated rings. The summed E-state index contributed by atoms with van der Waals surface area (Å²) in [5.74, 6) is 3.87. The molecule has 0 heterocycles. The van der Waals surface area contributed by atoms with E-state index in [0.717, 1.165) is 36.5 Å². The topological polar surface area (TPSA) is 40.5 Å². The monoisotopic (exact) mass is 368 g/mol. The summed E-state index contributed by atoms with van der Waals surface area (Å²) in [7, 11) is 0. The zero-order valence-electron chi connectivity index (χ0n) is 19.3. The third-order valence-electron chi connectivity index (χ3n) is 9.29. The predicted molar refractivity (Wildman–Crippen MR) is 95.1 cm³/mol. The van der Waals surface area contributed by atoms with E-state index in [0.29, 0.717) is 16.7 Å². The fraction of sp³-hybridized carbons (Fsp3) is 1.00. The first-order chi connectivity index (χ1) is 10.9. The van der Waals surface area contributed by atoms with Gasteiger partial charge in [0.05, 0.1) is 12.2 Å². The molecule has 2 nitrogen and oxygen atoms in total. The Morgan fingerprint density at radius 2 is 1.52 bits per heavy atom. The van der Waals surface area contributed by atoms with Crippen molar-refractivity contribution in [1.29, 1.82) is 0 Å². The Bertz CT molecular complexity index is 481. The van der Waals surface area contributed by atoms with Crippen molar-refractivity contribution in [2.75, 3.05) is 0 Å². The minimum Gasteiger partial charge on any atom is -1.00 e. The zero-order chi connectivity index (χ0) is 16.4. The minimum atomic E-state index is -0.140. The minimum absolute atomic E-state index is 0. The summed E-state index contributed by atoms with van der Waals surface area (Å²) in [6, 6.07) is 0. The van der Waals surface area contributed by atoms with Gasteiger partial charge in [-0.3, -0.25) is 0 Å². The molecule has 3 unspecified atom stereocenters. The molecule has 4 aliphatic rings. The van der Waals surface area contributed by atoms with Gasteiger partial charge >= 0.3 is 59.1 Å². The molecule has 4 rings (SSSR count). The molecular weight excluding hydrogens is 330 g/mol. The second kappa shape index (κ2) is 8.34. The SMILES string of the molecule is CC(O)[C@H]1CC[C@H]2[C@@H]3CCC4CC(O)CC[C@]4(C)[C@H]3CC[C@]12C.[H-].[H-].[Na+].[Na+]. The van der Waals surface area contributed by atoms with Crippen LogP contribution in [0.25, 0.3) is 0 Å². The molecule has 136 valence electrons. The van der Waals surface area contributed by atoms with E-state index in [1.54, 1.807) is 0 Å². The molecule has 4 heteroatoms. The van der Waals surface area contributed by atoms with Crippen molar-refractivity contribution in [2.45, 2.75) is 90.8 Å². The molecule has 0 bridgehead atoms. The Morgan fingerprint density at radius 1 is 0.880 bits per heavy atom. The molecule has 0 aromatic carbocycles. The van der Waals surface area contributed by atoms with Crippen molar-refractivity contribution in [3.63, 3.8) is 0 Å². The van der Waals surface area contributed by atoms with Crippen LogP contribution in [0, 0.1) is 40.4 Å². The second-order valence-corrected chi connectivity index (χ2v) is 10.1. The Kier molecular flexibility index (Phi) is 7.74. The molecule has 0 saturated heterocycles. The van der Waals surface area contributed by atoms with Crippen LogP contribution < -0.4 is 59.1 Å². The molecule has 0 aliphatic heterocycles. The van der Waals surface area contributed by atoms with E-state index in [9.17, 15) is 10.2 Å². The van der Waals surface area contributed by atoms with Gasteiger partial charge in [-0.15, -0.1) is 0 Å². The maximum absolute atomic E-state index is 10.3. The Balaban J connectivity index is 0.00000169. The van der Waals surface area contributed by atoms with Gasteiger partial charge in [0, 0.05) is 0 Å². The van der Waals surface area contributed by atoms with Crippen molar-refractivity contribution in [1.82, 2.24) is 0 Å². The van der Waals surface area contributed by atoms with Crippen LogP contribution in [0.5, 0.6) is 0 Å². The maximum Gasteiger partial charge on any atom is 1.00 e. The first-order valence-corrected chi connectivity index (χ1v) is 10.2. The van der Waals surface area contributed by atoms with Crippen molar-refractivity contribution >= 4 is 0 Å². The van der Waals surface area contributed by atoms with Crippen molar-refractivity contribution in [2.24, 2.45) is 40.4 Å². The summed E-state index contributed by atoms with van der Waals surface area (Å²) < 4.78 is 0. The van der Waals surface area contributed by atoms with Gasteiger partial charge in [0.1, 0.15) is 0 Å². The first kappa shape index (κ1) is 23.2. The van der Waals surface area contributed by atoms with E-state index in [1.807, 2.05) is 6.92 Å². The van der Waals surface area contributed by atoms with Crippen LogP contribution in [0.4, 0.5) is 0 Å². The molecule has 0 amide bonds. The number of fused-ring (bicyclic) bond motifs is 5. The second-order valence-electron chi connectivity index (χ2n) is 10.1. The molecule has 25 heavy (non-hydrogen) atoms. The van der Waals surface area contributed by atoms with Crippen molar-refractivity contribution < 1.29 is 72.2 Å². The van der Waals surface area contributed by atoms with E-state index >= 15 is 0 Å². The number of aliphatic hydroxyl groups is 2. The third kappa shape index (κ3) is 3.63. The quantitative estimate of drug-likeness (QED) is 0.560. The third-order valence-corrected chi connectivity index (χ3v) is 9.29. The van der Waals surface area contributed by atoms with Crippen LogP contribution in [0.1, 0.15) is 81.4 Å². The average molecular weight is 369 g/mol. The normalized spacial score (nSPS) is 52.7. The number of hydrogen-bond acceptors (Lipinski definition) is 2. The van der Waals surface area contributed by atoms with Gasteiger partial charge in [0.25, 0.3) is 0 Å². The van der Waals surface area contributed by atoms with Crippen LogP contribution >= 0.6 is 0 Å². The molecule has 9 atom stereocenters. The van der Waals surface area contributed by atoms with E-state index in [4.69, 9.17) is 0 Å². The number of hydrogen-bond donors (Lipinski definition) is 2. The van der Waals surface area contributed by atoms with Crippen LogP contribution in [0.3, 0.4) is 0 Å². The molecule has 0 spiro atoms. The van der Waals surface area contributed by atoms with Gasteiger partial charge < -0.3 is 13.1 Å². The van der Waals surface area contributed by atoms with Crippen LogP contribution in [0.15, 0.2) is 0 Å². The van der Waals surface area contributed by atoms with E-state index in [1.165, 1.54) is 44.9 Å². The molecule has 2 N–H and O–H groups in total. The first-order valence-electron chi connectivity index (χ1n) is 10.2. The molecular formula is C21H38Na2O2. The Labute approximate surface area is 201 Å². The summed E-state index contributed by atoms with van der Waals surface area (Å²) >= 11 is 0. The van der Waals surface area contributed by atoms with Crippen LogP contribution in [-0.4, -0.2) is 22.4 Å². The smallest absolute Gasteiger partial charge is 1.00 e. The standard InChI is InChI=1S/C21H36O2.2Na.2H/c1-13(22)17-6-7-18-16-5-4-14-12-15(23)8-10-20(14,2)19(16)9-11-21(17,18)3;;;;/h13-19,22-23H,4-12H2,1-3H3;;;;/q;2*+1;2*-1/t13?,14?,15?,16-,17+,18-,19-,20-,21+;;;;/m0..../s1. The van der Waals surface area contributed by atoms with Crippen LogP contribution in [0.2, 0.25) is 0 Å². The Morgan fingerprint density at radius 3 is 2.20 bits per heavy atom. The summed E-state index contributed by atoms with van der Waals surface area (Å²) in [5.41, 5.74) is 0.860. The van der Waals surface area contributed by atoms with E-state index in [2.05, 4.69) is 13.8 Å². The molecule has 0 radical (unpaired) electrons. The fourth-order valence-electron chi connectivity index (χ4n) is 8.07. The van der Waals surface area contributed by atoms with E-state index in [-0.39, 0.29) is 74.2 Å². The van der Waals surface area contributed by atoms with Crippen LogP contribution in [-0.2, 0) is 0 Å². The van der Waals surface area contributed by atoms with Gasteiger partial charge in [-0.1, -0.05) is 13.8 Å². The predicted octanol–water partition coefficient (Wildman–Crippen LogP) is -1.38. The zero-order valence-corrected chi connectivity index (χ0v) is 21.3. The molecule has 0 aromatic rings.